The summed E-state index contributed by atoms with van der Waals surface area (Å²) in [7, 11) is 0. The highest BCUT2D eigenvalue weighted by molar-refractivity contribution is 5.79. The van der Waals surface area contributed by atoms with E-state index in [2.05, 4.69) is 18.7 Å². The van der Waals surface area contributed by atoms with E-state index in [1.807, 2.05) is 0 Å². The van der Waals surface area contributed by atoms with Crippen LogP contribution in [0.4, 0.5) is 0 Å². The average molecular weight is 239 g/mol. The third-order valence-electron chi connectivity index (χ3n) is 4.71. The molecule has 0 aromatic rings. The summed E-state index contributed by atoms with van der Waals surface area (Å²) in [4.78, 5) is 14.1. The Morgan fingerprint density at radius 3 is 2.76 bits per heavy atom. The Labute approximate surface area is 104 Å². The fourth-order valence-electron chi connectivity index (χ4n) is 3.91. The van der Waals surface area contributed by atoms with Gasteiger partial charge in [-0.15, -0.1) is 0 Å². The monoisotopic (exact) mass is 239 g/mol. The first-order chi connectivity index (χ1) is 8.10. The van der Waals surface area contributed by atoms with Gasteiger partial charge >= 0.3 is 5.97 Å². The van der Waals surface area contributed by atoms with E-state index >= 15 is 0 Å². The molecule has 2 fully saturated rings. The molecule has 17 heavy (non-hydrogen) atoms. The molecule has 98 valence electrons. The molecule has 3 nitrogen and oxygen atoms in total. The van der Waals surface area contributed by atoms with Gasteiger partial charge in [-0.05, 0) is 51.0 Å². The Morgan fingerprint density at radius 1 is 1.47 bits per heavy atom. The summed E-state index contributed by atoms with van der Waals surface area (Å²) in [5, 5.41) is 9.65. The van der Waals surface area contributed by atoms with Crippen LogP contribution in [0.3, 0.4) is 0 Å². The van der Waals surface area contributed by atoms with Crippen LogP contribution in [0, 0.1) is 5.92 Å². The van der Waals surface area contributed by atoms with Crippen molar-refractivity contribution in [2.24, 2.45) is 5.92 Å². The van der Waals surface area contributed by atoms with Gasteiger partial charge in [-0.25, -0.2) is 0 Å². The molecule has 0 spiro atoms. The molecule has 2 aliphatic rings. The minimum Gasteiger partial charge on any atom is -0.480 e. The van der Waals surface area contributed by atoms with Gasteiger partial charge in [0, 0.05) is 6.04 Å². The SMILES string of the molecule is CCCC1(C(=O)O)CCCN1C1CCC(C)C1. The van der Waals surface area contributed by atoms with E-state index in [9.17, 15) is 9.90 Å². The van der Waals surface area contributed by atoms with Crippen molar-refractivity contribution in [3.63, 3.8) is 0 Å². The zero-order valence-electron chi connectivity index (χ0n) is 11.1. The topological polar surface area (TPSA) is 40.5 Å². The van der Waals surface area contributed by atoms with Crippen molar-refractivity contribution < 1.29 is 9.90 Å². The van der Waals surface area contributed by atoms with E-state index in [4.69, 9.17) is 0 Å². The van der Waals surface area contributed by atoms with Gasteiger partial charge in [0.15, 0.2) is 0 Å². The molecule has 1 saturated carbocycles. The van der Waals surface area contributed by atoms with Crippen molar-refractivity contribution in [3.05, 3.63) is 0 Å². The molecule has 3 unspecified atom stereocenters. The number of nitrogens with zero attached hydrogens (tertiary/aromatic N) is 1. The van der Waals surface area contributed by atoms with Gasteiger partial charge in [0.2, 0.25) is 0 Å². The molecule has 1 heterocycles. The Morgan fingerprint density at radius 2 is 2.24 bits per heavy atom. The Bertz CT molecular complexity index is 292. The third-order valence-corrected chi connectivity index (χ3v) is 4.71. The molecule has 2 rings (SSSR count). The van der Waals surface area contributed by atoms with Crippen LogP contribution in [0.2, 0.25) is 0 Å². The van der Waals surface area contributed by atoms with E-state index in [1.54, 1.807) is 0 Å². The maximum atomic E-state index is 11.7. The standard InChI is InChI=1S/C14H25NO2/c1-3-7-14(13(16)17)8-4-9-15(14)12-6-5-11(2)10-12/h11-12H,3-10H2,1-2H3,(H,16,17). The third kappa shape index (κ3) is 2.22. The van der Waals surface area contributed by atoms with Gasteiger partial charge in [-0.3, -0.25) is 9.69 Å². The second-order valence-corrected chi connectivity index (χ2v) is 5.96. The summed E-state index contributed by atoms with van der Waals surface area (Å²) in [5.41, 5.74) is -0.538. The molecule has 0 aromatic carbocycles. The Kier molecular flexibility index (Phi) is 3.76. The fourth-order valence-corrected chi connectivity index (χ4v) is 3.91. The predicted molar refractivity (Wildman–Crippen MR) is 68.0 cm³/mol. The van der Waals surface area contributed by atoms with Gasteiger partial charge in [0.05, 0.1) is 0 Å². The lowest BCUT2D eigenvalue weighted by atomic mass is 9.89. The number of rotatable bonds is 4. The molecule has 1 saturated heterocycles. The number of hydrogen-bond donors (Lipinski definition) is 1. The zero-order valence-corrected chi connectivity index (χ0v) is 11.1. The van der Waals surface area contributed by atoms with E-state index in [1.165, 1.54) is 19.3 Å². The number of aliphatic carboxylic acids is 1. The summed E-state index contributed by atoms with van der Waals surface area (Å²) >= 11 is 0. The predicted octanol–water partition coefficient (Wildman–Crippen LogP) is 2.89. The smallest absolute Gasteiger partial charge is 0.324 e. The van der Waals surface area contributed by atoms with Crippen LogP contribution in [0.5, 0.6) is 0 Å². The summed E-state index contributed by atoms with van der Waals surface area (Å²) in [6.07, 6.45) is 7.33. The van der Waals surface area contributed by atoms with Crippen LogP contribution in [0.15, 0.2) is 0 Å². The number of carboxylic acid groups (broad SMARTS) is 1. The molecular weight excluding hydrogens is 214 g/mol. The van der Waals surface area contributed by atoms with E-state index in [0.717, 1.165) is 38.1 Å². The molecule has 0 aromatic heterocycles. The summed E-state index contributed by atoms with van der Waals surface area (Å²) in [5.74, 6) is 0.185. The van der Waals surface area contributed by atoms with Gasteiger partial charge < -0.3 is 5.11 Å². The molecule has 1 aliphatic heterocycles. The first kappa shape index (κ1) is 12.9. The van der Waals surface area contributed by atoms with Crippen LogP contribution in [0.1, 0.15) is 58.8 Å². The average Bonchev–Trinajstić information content (AvgIpc) is 2.85. The second-order valence-electron chi connectivity index (χ2n) is 5.96. The van der Waals surface area contributed by atoms with Crippen molar-refractivity contribution in [2.45, 2.75) is 70.4 Å². The van der Waals surface area contributed by atoms with E-state index in [0.29, 0.717) is 6.04 Å². The van der Waals surface area contributed by atoms with Crippen LogP contribution >= 0.6 is 0 Å². The maximum absolute atomic E-state index is 11.7. The summed E-state index contributed by atoms with van der Waals surface area (Å²) < 4.78 is 0. The van der Waals surface area contributed by atoms with Crippen molar-refractivity contribution in [3.8, 4) is 0 Å². The van der Waals surface area contributed by atoms with Gasteiger partial charge in [-0.1, -0.05) is 20.3 Å². The van der Waals surface area contributed by atoms with Gasteiger partial charge in [0.25, 0.3) is 0 Å². The van der Waals surface area contributed by atoms with E-state index < -0.39 is 11.5 Å². The first-order valence-electron chi connectivity index (χ1n) is 7.10. The largest absolute Gasteiger partial charge is 0.480 e. The Balaban J connectivity index is 2.16. The lowest BCUT2D eigenvalue weighted by Crippen LogP contribution is -2.54. The second kappa shape index (κ2) is 4.97. The number of hydrogen-bond acceptors (Lipinski definition) is 2. The molecule has 3 atom stereocenters. The summed E-state index contributed by atoms with van der Waals surface area (Å²) in [6.45, 7) is 5.38. The molecule has 1 N–H and O–H groups in total. The van der Waals surface area contributed by atoms with Crippen LogP contribution in [0.25, 0.3) is 0 Å². The summed E-state index contributed by atoms with van der Waals surface area (Å²) in [6, 6.07) is 0.523. The van der Waals surface area contributed by atoms with Gasteiger partial charge in [-0.2, -0.15) is 0 Å². The molecule has 3 heteroatoms. The van der Waals surface area contributed by atoms with Crippen LogP contribution < -0.4 is 0 Å². The highest BCUT2D eigenvalue weighted by Crippen LogP contribution is 2.41. The fraction of sp³-hybridized carbons (Fsp3) is 0.929. The molecule has 0 radical (unpaired) electrons. The lowest BCUT2D eigenvalue weighted by Gasteiger charge is -2.39. The number of carbonyl (C=O) groups is 1. The molecular formula is C14H25NO2. The normalized spacial score (nSPS) is 38.7. The molecule has 1 aliphatic carbocycles. The van der Waals surface area contributed by atoms with Gasteiger partial charge in [0.1, 0.15) is 5.54 Å². The van der Waals surface area contributed by atoms with Crippen molar-refractivity contribution in [1.29, 1.82) is 0 Å². The number of carboxylic acids is 1. The quantitative estimate of drug-likeness (QED) is 0.820. The zero-order chi connectivity index (χ0) is 12.5. The van der Waals surface area contributed by atoms with Crippen molar-refractivity contribution >= 4 is 5.97 Å². The number of likely N-dealkylation sites (tertiary alicyclic amines) is 1. The van der Waals surface area contributed by atoms with E-state index in [-0.39, 0.29) is 0 Å². The van der Waals surface area contributed by atoms with Crippen LogP contribution in [-0.4, -0.2) is 34.1 Å². The highest BCUT2D eigenvalue weighted by atomic mass is 16.4. The maximum Gasteiger partial charge on any atom is 0.324 e. The highest BCUT2D eigenvalue weighted by Gasteiger charge is 2.50. The Hall–Kier alpha value is -0.570. The lowest BCUT2D eigenvalue weighted by molar-refractivity contribution is -0.151. The molecule has 0 bridgehead atoms. The van der Waals surface area contributed by atoms with Crippen molar-refractivity contribution in [2.75, 3.05) is 6.54 Å². The minimum absolute atomic E-state index is 0.523. The first-order valence-corrected chi connectivity index (χ1v) is 7.10. The minimum atomic E-state index is -0.587. The molecule has 0 amide bonds. The van der Waals surface area contributed by atoms with Crippen LogP contribution in [-0.2, 0) is 4.79 Å². The van der Waals surface area contributed by atoms with Crippen molar-refractivity contribution in [1.82, 2.24) is 4.90 Å².